The fourth-order valence-corrected chi connectivity index (χ4v) is 6.42. The number of nitrogens with zero attached hydrogens (tertiary/aromatic N) is 3. The molecule has 1 fully saturated rings. The second kappa shape index (κ2) is 8.03. The summed E-state index contributed by atoms with van der Waals surface area (Å²) in [7, 11) is 0. The number of para-hydroxylation sites is 2. The quantitative estimate of drug-likeness (QED) is 0.779. The summed E-state index contributed by atoms with van der Waals surface area (Å²) in [5, 5.41) is 9.48. The lowest BCUT2D eigenvalue weighted by Crippen LogP contribution is -2.50. The van der Waals surface area contributed by atoms with Gasteiger partial charge in [0.1, 0.15) is 5.75 Å². The average Bonchev–Trinajstić information content (AvgIpc) is 3.40. The third-order valence-corrected chi connectivity index (χ3v) is 7.83. The highest BCUT2D eigenvalue weighted by Gasteiger charge is 2.44. The Morgan fingerprint density at radius 3 is 2.90 bits per heavy atom. The zero-order valence-electron chi connectivity index (χ0n) is 18.3. The normalized spacial score (nSPS) is 24.0. The molecule has 0 unspecified atom stereocenters. The predicted octanol–water partition coefficient (Wildman–Crippen LogP) is 3.04. The predicted molar refractivity (Wildman–Crippen MR) is 125 cm³/mol. The average molecular weight is 420 g/mol. The highest BCUT2D eigenvalue weighted by Crippen LogP contribution is 2.50. The molecule has 5 heteroatoms. The van der Waals surface area contributed by atoms with Crippen molar-refractivity contribution >= 4 is 11.4 Å². The molecule has 2 atom stereocenters. The number of benzene rings is 2. The molecule has 0 spiro atoms. The number of hydrogen-bond donors (Lipinski definition) is 1. The Labute approximate surface area is 185 Å². The van der Waals surface area contributed by atoms with E-state index in [0.717, 1.165) is 39.1 Å². The molecule has 4 aliphatic heterocycles. The zero-order valence-corrected chi connectivity index (χ0v) is 18.3. The summed E-state index contributed by atoms with van der Waals surface area (Å²) in [6, 6.07) is 14.1. The molecule has 5 nitrogen and oxygen atoms in total. The van der Waals surface area contributed by atoms with Crippen molar-refractivity contribution < 1.29 is 9.84 Å². The number of fused-ring (bicyclic) bond motifs is 4. The third-order valence-electron chi connectivity index (χ3n) is 7.83. The minimum absolute atomic E-state index is 0.222. The number of piperidine rings is 1. The zero-order chi connectivity index (χ0) is 20.8. The van der Waals surface area contributed by atoms with Crippen molar-refractivity contribution in [2.45, 2.75) is 37.6 Å². The number of aliphatic hydroxyl groups is 1. The summed E-state index contributed by atoms with van der Waals surface area (Å²) in [5.74, 6) is 1.78. The largest absolute Gasteiger partial charge is 0.493 e. The number of likely N-dealkylation sites (tertiary alicyclic amines) is 1. The van der Waals surface area contributed by atoms with Gasteiger partial charge in [0.05, 0.1) is 24.6 Å². The van der Waals surface area contributed by atoms with Gasteiger partial charge >= 0.3 is 0 Å². The summed E-state index contributed by atoms with van der Waals surface area (Å²) in [6.45, 7) is 7.44. The molecule has 2 aromatic carbocycles. The van der Waals surface area contributed by atoms with Crippen LogP contribution < -0.4 is 14.5 Å². The SMILES string of the molecule is OCCN1CCN2c3c(cccc31)[C@@H]1CN(CCCc3cccc4c3OCC4)CC[C@@H]12. The van der Waals surface area contributed by atoms with E-state index in [-0.39, 0.29) is 6.61 Å². The van der Waals surface area contributed by atoms with Crippen LogP contribution in [0.3, 0.4) is 0 Å². The van der Waals surface area contributed by atoms with Gasteiger partial charge in [-0.1, -0.05) is 30.3 Å². The standard InChI is InChI=1S/C26H33N3O2/c30-16-15-28-13-14-29-23-9-12-27(18-22(23)21-7-2-8-24(28)25(21)29)11-3-6-19-4-1-5-20-10-17-31-26(19)20/h1-2,4-5,7-8,22-23,30H,3,6,9-18H2/t22-,23-/m0/s1. The second-order valence-electron chi connectivity index (χ2n) is 9.49. The van der Waals surface area contributed by atoms with Gasteiger partial charge in [0.2, 0.25) is 0 Å². The summed E-state index contributed by atoms with van der Waals surface area (Å²) in [5.41, 5.74) is 7.09. The Hall–Kier alpha value is -2.24. The van der Waals surface area contributed by atoms with Gasteiger partial charge in [-0.3, -0.25) is 0 Å². The number of aliphatic hydroxyl groups excluding tert-OH is 1. The molecular weight excluding hydrogens is 386 g/mol. The van der Waals surface area contributed by atoms with E-state index in [1.54, 1.807) is 0 Å². The van der Waals surface area contributed by atoms with E-state index in [2.05, 4.69) is 51.1 Å². The van der Waals surface area contributed by atoms with Gasteiger partial charge < -0.3 is 24.5 Å². The van der Waals surface area contributed by atoms with Gasteiger partial charge in [0.25, 0.3) is 0 Å². The Morgan fingerprint density at radius 1 is 1.03 bits per heavy atom. The first-order valence-electron chi connectivity index (χ1n) is 12.0. The van der Waals surface area contributed by atoms with Crippen LogP contribution in [-0.2, 0) is 12.8 Å². The van der Waals surface area contributed by atoms with E-state index in [1.807, 2.05) is 0 Å². The van der Waals surface area contributed by atoms with Crippen LogP contribution in [0.2, 0.25) is 0 Å². The summed E-state index contributed by atoms with van der Waals surface area (Å²) < 4.78 is 5.90. The molecule has 0 radical (unpaired) electrons. The minimum atomic E-state index is 0.222. The van der Waals surface area contributed by atoms with E-state index < -0.39 is 0 Å². The Kier molecular flexibility index (Phi) is 5.04. The Bertz CT molecular complexity index is 962. The molecular formula is C26H33N3O2. The molecule has 164 valence electrons. The number of β-amino-alcohol motifs (C(OH)–C–C–N with tert-alkyl or cyclic N) is 1. The number of ether oxygens (including phenoxy) is 1. The fourth-order valence-electron chi connectivity index (χ4n) is 6.42. The molecule has 0 bridgehead atoms. The third kappa shape index (κ3) is 3.30. The fraction of sp³-hybridized carbons (Fsp3) is 0.538. The van der Waals surface area contributed by atoms with Crippen LogP contribution in [-0.4, -0.2) is 68.5 Å². The Morgan fingerprint density at radius 2 is 1.97 bits per heavy atom. The van der Waals surface area contributed by atoms with Crippen LogP contribution in [0.15, 0.2) is 36.4 Å². The first-order valence-corrected chi connectivity index (χ1v) is 12.0. The maximum Gasteiger partial charge on any atom is 0.125 e. The topological polar surface area (TPSA) is 39.2 Å². The molecule has 1 N–H and O–H groups in total. The van der Waals surface area contributed by atoms with Gasteiger partial charge in [-0.15, -0.1) is 0 Å². The van der Waals surface area contributed by atoms with Crippen LogP contribution >= 0.6 is 0 Å². The van der Waals surface area contributed by atoms with Gasteiger partial charge in [-0.25, -0.2) is 0 Å². The van der Waals surface area contributed by atoms with Crippen molar-refractivity contribution in [3.63, 3.8) is 0 Å². The Balaban J connectivity index is 1.14. The van der Waals surface area contributed by atoms with Gasteiger partial charge in [-0.05, 0) is 48.6 Å². The lowest BCUT2D eigenvalue weighted by Gasteiger charge is -2.42. The maximum absolute atomic E-state index is 9.48. The monoisotopic (exact) mass is 419 g/mol. The van der Waals surface area contributed by atoms with E-state index in [1.165, 1.54) is 66.3 Å². The van der Waals surface area contributed by atoms with E-state index in [0.29, 0.717) is 12.0 Å². The molecule has 1 saturated heterocycles. The smallest absolute Gasteiger partial charge is 0.125 e. The van der Waals surface area contributed by atoms with Gasteiger partial charge in [0.15, 0.2) is 0 Å². The number of aryl methyl sites for hydroxylation is 1. The second-order valence-corrected chi connectivity index (χ2v) is 9.49. The molecule has 0 aliphatic carbocycles. The van der Waals surface area contributed by atoms with Crippen molar-refractivity contribution in [1.82, 2.24) is 4.90 Å². The van der Waals surface area contributed by atoms with Crippen molar-refractivity contribution in [3.05, 3.63) is 53.1 Å². The first-order chi connectivity index (χ1) is 15.3. The van der Waals surface area contributed by atoms with Crippen LogP contribution in [0.5, 0.6) is 5.75 Å². The van der Waals surface area contributed by atoms with E-state index in [4.69, 9.17) is 4.74 Å². The molecule has 0 saturated carbocycles. The van der Waals surface area contributed by atoms with Gasteiger partial charge in [-0.2, -0.15) is 0 Å². The summed E-state index contributed by atoms with van der Waals surface area (Å²) in [6.07, 6.45) is 4.61. The molecule has 4 aliphatic rings. The lowest BCUT2D eigenvalue weighted by atomic mass is 9.89. The highest BCUT2D eigenvalue weighted by atomic mass is 16.5. The minimum Gasteiger partial charge on any atom is -0.493 e. The number of rotatable bonds is 6. The van der Waals surface area contributed by atoms with Crippen molar-refractivity contribution in [1.29, 1.82) is 0 Å². The molecule has 4 heterocycles. The lowest BCUT2D eigenvalue weighted by molar-refractivity contribution is 0.191. The first kappa shape index (κ1) is 19.4. The summed E-state index contributed by atoms with van der Waals surface area (Å²) in [4.78, 5) is 7.74. The number of anilines is 2. The maximum atomic E-state index is 9.48. The molecule has 0 amide bonds. The van der Waals surface area contributed by atoms with Crippen LogP contribution in [0, 0.1) is 0 Å². The summed E-state index contributed by atoms with van der Waals surface area (Å²) >= 11 is 0. The van der Waals surface area contributed by atoms with Crippen molar-refractivity contribution in [2.75, 3.05) is 62.3 Å². The molecule has 2 aromatic rings. The van der Waals surface area contributed by atoms with Crippen molar-refractivity contribution in [3.8, 4) is 5.75 Å². The van der Waals surface area contributed by atoms with Crippen LogP contribution in [0.4, 0.5) is 11.4 Å². The van der Waals surface area contributed by atoms with E-state index >= 15 is 0 Å². The van der Waals surface area contributed by atoms with Crippen molar-refractivity contribution in [2.24, 2.45) is 0 Å². The number of hydrogen-bond acceptors (Lipinski definition) is 5. The van der Waals surface area contributed by atoms with Crippen LogP contribution in [0.25, 0.3) is 0 Å². The molecule has 0 aromatic heterocycles. The highest BCUT2D eigenvalue weighted by molar-refractivity contribution is 5.81. The molecule has 6 rings (SSSR count). The van der Waals surface area contributed by atoms with Crippen LogP contribution in [0.1, 0.15) is 35.4 Å². The van der Waals surface area contributed by atoms with E-state index in [9.17, 15) is 5.11 Å². The van der Waals surface area contributed by atoms with Gasteiger partial charge in [0, 0.05) is 51.1 Å². The molecule has 31 heavy (non-hydrogen) atoms.